The van der Waals surface area contributed by atoms with Gasteiger partial charge >= 0.3 is 0 Å². The van der Waals surface area contributed by atoms with E-state index in [0.29, 0.717) is 5.41 Å². The third-order valence-electron chi connectivity index (χ3n) is 1.81. The van der Waals surface area contributed by atoms with Crippen molar-refractivity contribution in [3.63, 3.8) is 0 Å². The van der Waals surface area contributed by atoms with Crippen LogP contribution in [0.3, 0.4) is 0 Å². The predicted molar refractivity (Wildman–Crippen MR) is 53.4 cm³/mol. The molecular weight excluding hydrogens is 150 g/mol. The van der Waals surface area contributed by atoms with E-state index in [1.54, 1.807) is 0 Å². The number of nitrogens with zero attached hydrogens (tertiary/aromatic N) is 1. The molecule has 1 fully saturated rings. The largest absolute Gasteiger partial charge is 0.380 e. The molecule has 0 N–H and O–H groups in total. The van der Waals surface area contributed by atoms with Gasteiger partial charge < -0.3 is 9.64 Å². The summed E-state index contributed by atoms with van der Waals surface area (Å²) in [5.41, 5.74) is 0.339. The van der Waals surface area contributed by atoms with Crippen LogP contribution in [0, 0.1) is 5.41 Å². The zero-order chi connectivity index (χ0) is 9.61. The van der Waals surface area contributed by atoms with Crippen LogP contribution in [0.15, 0.2) is 0 Å². The summed E-state index contributed by atoms with van der Waals surface area (Å²) < 4.78 is 5.44. The minimum absolute atomic E-state index is 0.339. The number of rotatable bonds is 0. The van der Waals surface area contributed by atoms with E-state index in [4.69, 9.17) is 4.74 Å². The zero-order valence-electron chi connectivity index (χ0n) is 9.18. The third-order valence-corrected chi connectivity index (χ3v) is 1.81. The van der Waals surface area contributed by atoms with Crippen molar-refractivity contribution in [2.24, 2.45) is 5.41 Å². The van der Waals surface area contributed by atoms with Gasteiger partial charge in [-0.05, 0) is 7.05 Å². The van der Waals surface area contributed by atoms with E-state index in [-0.39, 0.29) is 0 Å². The Kier molecular flexibility index (Phi) is 5.51. The molecular formula is C10H23NO. The molecule has 1 heterocycles. The van der Waals surface area contributed by atoms with E-state index >= 15 is 0 Å². The maximum Gasteiger partial charge on any atom is 0.0593 e. The molecule has 1 rings (SSSR count). The van der Waals surface area contributed by atoms with Gasteiger partial charge in [-0.25, -0.2) is 0 Å². The van der Waals surface area contributed by atoms with E-state index in [0.717, 1.165) is 26.3 Å². The van der Waals surface area contributed by atoms with Crippen LogP contribution in [0.2, 0.25) is 0 Å². The molecule has 0 bridgehead atoms. The van der Waals surface area contributed by atoms with Gasteiger partial charge in [-0.15, -0.1) is 0 Å². The van der Waals surface area contributed by atoms with Crippen molar-refractivity contribution in [3.05, 3.63) is 0 Å². The van der Waals surface area contributed by atoms with Crippen molar-refractivity contribution >= 4 is 0 Å². The highest BCUT2D eigenvalue weighted by Gasteiger charge is 2.22. The van der Waals surface area contributed by atoms with Crippen molar-refractivity contribution in [1.29, 1.82) is 0 Å². The van der Waals surface area contributed by atoms with Crippen molar-refractivity contribution in [2.45, 2.75) is 27.7 Å². The van der Waals surface area contributed by atoms with Crippen molar-refractivity contribution in [2.75, 3.05) is 33.4 Å². The standard InChI is InChI=1S/C8H17NO.C2H6/c1-8(2)6-9(3)4-5-10-7-8;1-2/h4-7H2,1-3H3;1-2H3. The molecule has 0 atom stereocenters. The Morgan fingerprint density at radius 1 is 1.25 bits per heavy atom. The van der Waals surface area contributed by atoms with Gasteiger partial charge in [0.25, 0.3) is 0 Å². The minimum Gasteiger partial charge on any atom is -0.380 e. The van der Waals surface area contributed by atoms with Crippen LogP contribution >= 0.6 is 0 Å². The highest BCUT2D eigenvalue weighted by Crippen LogP contribution is 2.18. The molecule has 2 nitrogen and oxygen atoms in total. The first-order chi connectivity index (χ1) is 5.60. The third kappa shape index (κ3) is 4.73. The second-order valence-corrected chi connectivity index (χ2v) is 3.95. The normalized spacial score (nSPS) is 23.8. The maximum absolute atomic E-state index is 5.44. The summed E-state index contributed by atoms with van der Waals surface area (Å²) >= 11 is 0. The maximum atomic E-state index is 5.44. The zero-order valence-corrected chi connectivity index (χ0v) is 9.18. The molecule has 0 unspecified atom stereocenters. The minimum atomic E-state index is 0.339. The molecule has 0 spiro atoms. The van der Waals surface area contributed by atoms with Gasteiger partial charge in [0.2, 0.25) is 0 Å². The highest BCUT2D eigenvalue weighted by atomic mass is 16.5. The number of ether oxygens (including phenoxy) is 1. The number of likely N-dealkylation sites (N-methyl/N-ethyl adjacent to an activating group) is 1. The quantitative estimate of drug-likeness (QED) is 0.555. The molecule has 2 heteroatoms. The second kappa shape index (κ2) is 5.55. The average molecular weight is 173 g/mol. The highest BCUT2D eigenvalue weighted by molar-refractivity contribution is 4.74. The fourth-order valence-corrected chi connectivity index (χ4v) is 1.42. The van der Waals surface area contributed by atoms with Gasteiger partial charge in [0.05, 0.1) is 13.2 Å². The molecule has 1 aliphatic heterocycles. The Balaban J connectivity index is 0.000000561. The summed E-state index contributed by atoms with van der Waals surface area (Å²) in [7, 11) is 2.15. The SMILES string of the molecule is CC.CN1CCOCC(C)(C)C1. The van der Waals surface area contributed by atoms with Gasteiger partial charge in [0.1, 0.15) is 0 Å². The van der Waals surface area contributed by atoms with Crippen LogP contribution in [0.25, 0.3) is 0 Å². The Labute approximate surface area is 76.9 Å². The van der Waals surface area contributed by atoms with Crippen LogP contribution in [-0.2, 0) is 4.74 Å². The van der Waals surface area contributed by atoms with Gasteiger partial charge in [-0.3, -0.25) is 0 Å². The monoisotopic (exact) mass is 173 g/mol. The Hall–Kier alpha value is -0.0800. The molecule has 0 aromatic carbocycles. The van der Waals surface area contributed by atoms with Crippen LogP contribution in [0.4, 0.5) is 0 Å². The lowest BCUT2D eigenvalue weighted by Crippen LogP contribution is -2.31. The number of hydrogen-bond acceptors (Lipinski definition) is 2. The summed E-state index contributed by atoms with van der Waals surface area (Å²) in [5.74, 6) is 0. The van der Waals surface area contributed by atoms with E-state index in [1.807, 2.05) is 13.8 Å². The summed E-state index contributed by atoms with van der Waals surface area (Å²) in [5, 5.41) is 0. The first-order valence-electron chi connectivity index (χ1n) is 4.86. The van der Waals surface area contributed by atoms with E-state index in [2.05, 4.69) is 25.8 Å². The summed E-state index contributed by atoms with van der Waals surface area (Å²) in [6.07, 6.45) is 0. The van der Waals surface area contributed by atoms with E-state index in [9.17, 15) is 0 Å². The molecule has 1 aliphatic rings. The lowest BCUT2D eigenvalue weighted by Gasteiger charge is -2.25. The molecule has 0 saturated carbocycles. The average Bonchev–Trinajstić information content (AvgIpc) is 2.14. The van der Waals surface area contributed by atoms with Gasteiger partial charge in [-0.2, -0.15) is 0 Å². The van der Waals surface area contributed by atoms with Gasteiger partial charge in [-0.1, -0.05) is 27.7 Å². The van der Waals surface area contributed by atoms with Crippen LogP contribution in [0.1, 0.15) is 27.7 Å². The Morgan fingerprint density at radius 2 is 1.83 bits per heavy atom. The fraction of sp³-hybridized carbons (Fsp3) is 1.00. The fourth-order valence-electron chi connectivity index (χ4n) is 1.42. The molecule has 1 saturated heterocycles. The Bertz CT molecular complexity index is 112. The Morgan fingerprint density at radius 3 is 2.42 bits per heavy atom. The van der Waals surface area contributed by atoms with Gasteiger partial charge in [0, 0.05) is 18.5 Å². The lowest BCUT2D eigenvalue weighted by molar-refractivity contribution is 0.0889. The van der Waals surface area contributed by atoms with Crippen LogP contribution < -0.4 is 0 Å². The molecule has 0 amide bonds. The molecule has 0 aromatic heterocycles. The molecule has 12 heavy (non-hydrogen) atoms. The second-order valence-electron chi connectivity index (χ2n) is 3.95. The van der Waals surface area contributed by atoms with E-state index in [1.165, 1.54) is 0 Å². The van der Waals surface area contributed by atoms with Crippen molar-refractivity contribution in [1.82, 2.24) is 4.90 Å². The smallest absolute Gasteiger partial charge is 0.0593 e. The van der Waals surface area contributed by atoms with Crippen molar-refractivity contribution < 1.29 is 4.74 Å². The topological polar surface area (TPSA) is 12.5 Å². The molecule has 0 aromatic rings. The van der Waals surface area contributed by atoms with Crippen LogP contribution in [-0.4, -0.2) is 38.3 Å². The molecule has 74 valence electrons. The predicted octanol–water partition coefficient (Wildman–Crippen LogP) is 2.00. The summed E-state index contributed by atoms with van der Waals surface area (Å²) in [6, 6.07) is 0. The van der Waals surface area contributed by atoms with E-state index < -0.39 is 0 Å². The molecule has 0 radical (unpaired) electrons. The first-order valence-corrected chi connectivity index (χ1v) is 4.86. The first kappa shape index (κ1) is 11.9. The summed E-state index contributed by atoms with van der Waals surface area (Å²) in [6.45, 7) is 12.5. The number of hydrogen-bond donors (Lipinski definition) is 0. The van der Waals surface area contributed by atoms with Crippen molar-refractivity contribution in [3.8, 4) is 0 Å². The van der Waals surface area contributed by atoms with Gasteiger partial charge in [0.15, 0.2) is 0 Å². The lowest BCUT2D eigenvalue weighted by atomic mass is 9.95. The van der Waals surface area contributed by atoms with Crippen LogP contribution in [0.5, 0.6) is 0 Å². The molecule has 0 aliphatic carbocycles. The summed E-state index contributed by atoms with van der Waals surface area (Å²) in [4.78, 5) is 2.33.